The summed E-state index contributed by atoms with van der Waals surface area (Å²) in [5.74, 6) is 5.95. The van der Waals surface area contributed by atoms with Gasteiger partial charge >= 0.3 is 0 Å². The number of benzene rings is 2. The van der Waals surface area contributed by atoms with Crippen LogP contribution in [0, 0.1) is 30.0 Å². The van der Waals surface area contributed by atoms with Gasteiger partial charge in [0, 0.05) is 35.8 Å². The Morgan fingerprint density at radius 3 is 2.74 bits per heavy atom. The van der Waals surface area contributed by atoms with Gasteiger partial charge in [0.05, 0.1) is 35.7 Å². The fourth-order valence-corrected chi connectivity index (χ4v) is 5.24. The number of aliphatic hydroxyl groups excluding tert-OH is 1. The van der Waals surface area contributed by atoms with Crippen molar-refractivity contribution in [3.8, 4) is 17.6 Å². The first kappa shape index (κ1) is 27.8. The van der Waals surface area contributed by atoms with E-state index in [0.29, 0.717) is 77.3 Å². The Labute approximate surface area is 226 Å². The van der Waals surface area contributed by atoms with Crippen LogP contribution in [0.3, 0.4) is 0 Å². The predicted molar refractivity (Wildman–Crippen MR) is 144 cm³/mol. The van der Waals surface area contributed by atoms with Crippen LogP contribution in [0.25, 0.3) is 10.9 Å². The highest BCUT2D eigenvalue weighted by Crippen LogP contribution is 2.41. The van der Waals surface area contributed by atoms with E-state index in [1.165, 1.54) is 12.3 Å². The molecule has 1 aliphatic heterocycles. The summed E-state index contributed by atoms with van der Waals surface area (Å²) in [5.41, 5.74) is 3.40. The first-order valence-corrected chi connectivity index (χ1v) is 12.9. The maximum Gasteiger partial charge on any atom is 0.249 e. The van der Waals surface area contributed by atoms with Gasteiger partial charge in [0.2, 0.25) is 5.91 Å². The third kappa shape index (κ3) is 6.08. The second-order valence-corrected chi connectivity index (χ2v) is 10.1. The number of likely N-dealkylation sites (tertiary alicyclic amines) is 1. The van der Waals surface area contributed by atoms with Crippen molar-refractivity contribution < 1.29 is 24.2 Å². The van der Waals surface area contributed by atoms with Gasteiger partial charge < -0.3 is 9.84 Å². The number of carbonyl (C=O) groups is 1. The van der Waals surface area contributed by atoms with Crippen LogP contribution in [0.5, 0.6) is 5.75 Å². The predicted octanol–water partition coefficient (Wildman–Crippen LogP) is 4.80. The molecule has 1 fully saturated rings. The number of nitrogens with zero attached hydrogens (tertiary/aromatic N) is 2. The van der Waals surface area contributed by atoms with E-state index in [1.54, 1.807) is 44.4 Å². The number of aromatic nitrogens is 1. The summed E-state index contributed by atoms with van der Waals surface area (Å²) in [5, 5.41) is 21.7. The van der Waals surface area contributed by atoms with Crippen molar-refractivity contribution in [3.63, 3.8) is 0 Å². The minimum absolute atomic E-state index is 0.266. The van der Waals surface area contributed by atoms with Crippen molar-refractivity contribution >= 4 is 28.4 Å². The average Bonchev–Trinajstić information content (AvgIpc) is 2.93. The number of pyridine rings is 1. The number of hydrogen-bond acceptors (Lipinski definition) is 6. The molecule has 0 aliphatic carbocycles. The van der Waals surface area contributed by atoms with Crippen LogP contribution in [-0.2, 0) is 4.79 Å². The number of amides is 1. The molecule has 0 spiro atoms. The van der Waals surface area contributed by atoms with E-state index in [9.17, 15) is 19.5 Å². The Kier molecular flexibility index (Phi) is 8.85. The van der Waals surface area contributed by atoms with Crippen molar-refractivity contribution in [2.24, 2.45) is 5.41 Å². The van der Waals surface area contributed by atoms with E-state index in [1.807, 2.05) is 5.48 Å². The van der Waals surface area contributed by atoms with Gasteiger partial charge in [-0.3, -0.25) is 19.9 Å². The van der Waals surface area contributed by atoms with Crippen molar-refractivity contribution in [1.82, 2.24) is 15.4 Å². The molecule has 1 aromatic heterocycles. The molecule has 0 radical (unpaired) electrons. The number of ether oxygens (including phenoxy) is 1. The third-order valence-corrected chi connectivity index (χ3v) is 7.70. The van der Waals surface area contributed by atoms with Gasteiger partial charge in [-0.25, -0.2) is 9.87 Å². The van der Waals surface area contributed by atoms with Gasteiger partial charge in [0.1, 0.15) is 11.6 Å². The van der Waals surface area contributed by atoms with Gasteiger partial charge in [-0.05, 0) is 68.5 Å². The lowest BCUT2D eigenvalue weighted by atomic mass is 9.73. The monoisotopic (exact) mass is 539 g/mol. The summed E-state index contributed by atoms with van der Waals surface area (Å²) in [6, 6.07) is 10.3. The molecule has 200 valence electrons. The van der Waals surface area contributed by atoms with Crippen LogP contribution >= 0.6 is 11.6 Å². The van der Waals surface area contributed by atoms with E-state index >= 15 is 0 Å². The molecule has 1 saturated heterocycles. The zero-order valence-electron chi connectivity index (χ0n) is 21.4. The third-order valence-electron chi connectivity index (χ3n) is 7.40. The molecule has 1 unspecified atom stereocenters. The van der Waals surface area contributed by atoms with E-state index in [4.69, 9.17) is 16.3 Å². The highest BCUT2D eigenvalue weighted by atomic mass is 35.5. The molecule has 2 heterocycles. The molecule has 38 heavy (non-hydrogen) atoms. The summed E-state index contributed by atoms with van der Waals surface area (Å²) in [6.07, 6.45) is 2.17. The minimum Gasteiger partial charge on any atom is -0.497 e. The summed E-state index contributed by atoms with van der Waals surface area (Å²) < 4.78 is 19.1. The number of aliphatic hydroxyl groups is 1. The Bertz CT molecular complexity index is 1380. The van der Waals surface area contributed by atoms with Crippen LogP contribution in [0.15, 0.2) is 42.6 Å². The van der Waals surface area contributed by atoms with Crippen molar-refractivity contribution in [2.75, 3.05) is 26.7 Å². The Morgan fingerprint density at radius 1 is 1.29 bits per heavy atom. The molecule has 9 heteroatoms. The zero-order chi connectivity index (χ0) is 27.3. The van der Waals surface area contributed by atoms with E-state index < -0.39 is 17.4 Å². The average molecular weight is 540 g/mol. The number of hydroxylamine groups is 1. The Balaban J connectivity index is 1.43. The highest BCUT2D eigenvalue weighted by Gasteiger charge is 2.41. The van der Waals surface area contributed by atoms with Gasteiger partial charge in [0.15, 0.2) is 0 Å². The lowest BCUT2D eigenvalue weighted by molar-refractivity contribution is -0.143. The largest absolute Gasteiger partial charge is 0.497 e. The molecule has 1 amide bonds. The maximum absolute atomic E-state index is 13.8. The smallest absolute Gasteiger partial charge is 0.249 e. The quantitative estimate of drug-likeness (QED) is 0.227. The van der Waals surface area contributed by atoms with Crippen molar-refractivity contribution in [1.29, 1.82) is 0 Å². The molecule has 0 saturated carbocycles. The molecule has 0 bridgehead atoms. The van der Waals surface area contributed by atoms with Gasteiger partial charge in [0.25, 0.3) is 0 Å². The first-order valence-electron chi connectivity index (χ1n) is 12.5. The van der Waals surface area contributed by atoms with Crippen LogP contribution < -0.4 is 10.2 Å². The summed E-state index contributed by atoms with van der Waals surface area (Å²) in [6.45, 7) is 3.38. The maximum atomic E-state index is 13.8. The van der Waals surface area contributed by atoms with Crippen LogP contribution in [-0.4, -0.2) is 52.8 Å². The second-order valence-electron chi connectivity index (χ2n) is 9.72. The molecule has 2 aromatic carbocycles. The number of nitrogens with one attached hydrogen (secondary N) is 1. The number of carbonyl (C=O) groups excluding carboxylic acids is 1. The highest BCUT2D eigenvalue weighted by molar-refractivity contribution is 6.32. The van der Waals surface area contributed by atoms with Crippen molar-refractivity contribution in [3.05, 3.63) is 70.1 Å². The number of aryl methyl sites for hydroxylation is 1. The molecule has 7 nitrogen and oxygen atoms in total. The standard InChI is InChI=1S/C29H31ClFN3O4/c1-19-5-6-20(16-24(19)31)4-3-13-34-14-11-29(12-15-34,28(36)33-37)10-9-26(35)27-22-17-21(38-2)7-8-25(22)32-18-23(27)30/h5-8,16-18,26,35,37H,9-15H2,1-2H3,(H,33,36). The topological polar surface area (TPSA) is 94.9 Å². The molecule has 3 N–H and O–H groups in total. The van der Waals surface area contributed by atoms with E-state index in [0.717, 1.165) is 0 Å². The molecule has 1 atom stereocenters. The summed E-state index contributed by atoms with van der Waals surface area (Å²) in [7, 11) is 1.56. The fraction of sp³-hybridized carbons (Fsp3) is 0.379. The Morgan fingerprint density at radius 2 is 2.05 bits per heavy atom. The van der Waals surface area contributed by atoms with Crippen LogP contribution in [0.4, 0.5) is 4.39 Å². The van der Waals surface area contributed by atoms with E-state index in [-0.39, 0.29) is 12.2 Å². The molecule has 1 aliphatic rings. The van der Waals surface area contributed by atoms with E-state index in [2.05, 4.69) is 21.7 Å². The number of rotatable bonds is 7. The lowest BCUT2D eigenvalue weighted by Gasteiger charge is -2.40. The van der Waals surface area contributed by atoms with Crippen LogP contribution in [0.1, 0.15) is 48.5 Å². The van der Waals surface area contributed by atoms with Gasteiger partial charge in [-0.1, -0.05) is 29.5 Å². The van der Waals surface area contributed by atoms with Crippen LogP contribution in [0.2, 0.25) is 5.02 Å². The zero-order valence-corrected chi connectivity index (χ0v) is 22.2. The fourth-order valence-electron chi connectivity index (χ4n) is 4.96. The lowest BCUT2D eigenvalue weighted by Crippen LogP contribution is -2.48. The SMILES string of the molecule is COc1ccc2ncc(Cl)c(C(O)CCC3(C(=O)NO)CCN(CC#Cc4ccc(C)c(F)c4)CC3)c2c1. The number of halogens is 2. The van der Waals surface area contributed by atoms with Gasteiger partial charge in [-0.2, -0.15) is 0 Å². The molecular formula is C29H31ClFN3O4. The first-order chi connectivity index (χ1) is 18.3. The molecule has 3 aromatic rings. The number of piperidine rings is 1. The number of methoxy groups -OCH3 is 1. The minimum atomic E-state index is -0.942. The molecular weight excluding hydrogens is 509 g/mol. The Hall–Kier alpha value is -3.22. The van der Waals surface area contributed by atoms with Crippen molar-refractivity contribution in [2.45, 2.75) is 38.7 Å². The van der Waals surface area contributed by atoms with Gasteiger partial charge in [-0.15, -0.1) is 0 Å². The number of fused-ring (bicyclic) bond motifs is 1. The summed E-state index contributed by atoms with van der Waals surface area (Å²) >= 11 is 6.44. The summed E-state index contributed by atoms with van der Waals surface area (Å²) in [4.78, 5) is 19.2. The number of hydrogen-bond donors (Lipinski definition) is 3. The second kappa shape index (κ2) is 12.1. The normalized spacial score (nSPS) is 15.9. The molecule has 4 rings (SSSR count).